The Morgan fingerprint density at radius 3 is 2.67 bits per heavy atom. The van der Waals surface area contributed by atoms with Crippen molar-refractivity contribution in [2.75, 3.05) is 23.9 Å². The summed E-state index contributed by atoms with van der Waals surface area (Å²) in [5.74, 6) is -1.32. The first-order chi connectivity index (χ1) is 18.9. The molecule has 2 atom stereocenters. The fourth-order valence-corrected chi connectivity index (χ4v) is 5.23. The molecule has 2 aromatic heterocycles. The summed E-state index contributed by atoms with van der Waals surface area (Å²) in [5.41, 5.74) is 3.68. The van der Waals surface area contributed by atoms with Crippen molar-refractivity contribution in [2.24, 2.45) is 0 Å². The van der Waals surface area contributed by atoms with Gasteiger partial charge in [-0.2, -0.15) is 0 Å². The Kier molecular flexibility index (Phi) is 7.60. The number of hydrogen-bond acceptors (Lipinski definition) is 5. The summed E-state index contributed by atoms with van der Waals surface area (Å²) >= 11 is 12.4. The summed E-state index contributed by atoms with van der Waals surface area (Å²) in [5, 5.41) is 16.5. The number of anilines is 2. The van der Waals surface area contributed by atoms with Gasteiger partial charge in [0.1, 0.15) is 12.6 Å². The van der Waals surface area contributed by atoms with E-state index in [0.717, 1.165) is 11.4 Å². The number of aromatic nitrogens is 2. The lowest BCUT2D eigenvalue weighted by Gasteiger charge is -2.29. The van der Waals surface area contributed by atoms with Crippen molar-refractivity contribution < 1.29 is 19.4 Å². The standard InChI is InChI=1S/C28H24ClN5O4S/c1-38-16-24(35)31-21-11-10-19(15-20(21)29)34-26(25(32-28(34)39)22-8-2-3-12-30-22)23-9-5-13-33(23)18-7-4-6-17(14-18)27(36)37/h2-15,25-26H,16H2,1H3,(H,31,35)(H,32,39)(H,36,37)/t25-,26+/m1/s1. The van der Waals surface area contributed by atoms with Gasteiger partial charge in [-0.3, -0.25) is 9.78 Å². The van der Waals surface area contributed by atoms with Crippen molar-refractivity contribution in [3.05, 3.63) is 107 Å². The minimum absolute atomic E-state index is 0.0912. The van der Waals surface area contributed by atoms with E-state index in [0.29, 0.717) is 27.2 Å². The Balaban J connectivity index is 1.60. The maximum absolute atomic E-state index is 12.0. The Morgan fingerprint density at radius 1 is 1.10 bits per heavy atom. The van der Waals surface area contributed by atoms with Gasteiger partial charge in [-0.05, 0) is 72.9 Å². The van der Waals surface area contributed by atoms with E-state index in [2.05, 4.69) is 15.6 Å². The summed E-state index contributed by atoms with van der Waals surface area (Å²) in [6.45, 7) is -0.0912. The molecule has 5 rings (SSSR count). The Labute approximate surface area is 235 Å². The van der Waals surface area contributed by atoms with E-state index >= 15 is 0 Å². The molecule has 0 bridgehead atoms. The average molecular weight is 562 g/mol. The third-order valence-corrected chi connectivity index (χ3v) is 6.96. The molecule has 0 aliphatic carbocycles. The fourth-order valence-electron chi connectivity index (χ4n) is 4.67. The average Bonchev–Trinajstić information content (AvgIpc) is 3.55. The predicted octanol–water partition coefficient (Wildman–Crippen LogP) is 4.99. The number of methoxy groups -OCH3 is 1. The SMILES string of the molecule is COCC(=O)Nc1ccc(N2C(=S)N[C@H](c3ccccn3)[C@@H]2c2cccn2-c2cccc(C(=O)O)c2)cc1Cl. The van der Waals surface area contributed by atoms with Gasteiger partial charge in [0.25, 0.3) is 0 Å². The number of amides is 1. The number of nitrogens with one attached hydrogen (secondary N) is 2. The number of ether oxygens (including phenoxy) is 1. The lowest BCUT2D eigenvalue weighted by atomic mass is 10.0. The molecule has 39 heavy (non-hydrogen) atoms. The number of carbonyl (C=O) groups excluding carboxylic acids is 1. The van der Waals surface area contributed by atoms with E-state index < -0.39 is 5.97 Å². The van der Waals surface area contributed by atoms with Crippen LogP contribution in [-0.4, -0.2) is 45.4 Å². The number of carbonyl (C=O) groups is 2. The second kappa shape index (κ2) is 11.2. The minimum atomic E-state index is -1.01. The monoisotopic (exact) mass is 561 g/mol. The first kappa shape index (κ1) is 26.4. The second-order valence-electron chi connectivity index (χ2n) is 8.80. The normalized spacial score (nSPS) is 16.7. The number of pyridine rings is 1. The number of halogens is 1. The molecule has 3 heterocycles. The topological polar surface area (TPSA) is 109 Å². The summed E-state index contributed by atoms with van der Waals surface area (Å²) in [6.07, 6.45) is 3.61. The van der Waals surface area contributed by atoms with E-state index in [1.165, 1.54) is 7.11 Å². The molecule has 2 aromatic carbocycles. The molecule has 11 heteroatoms. The predicted molar refractivity (Wildman–Crippen MR) is 153 cm³/mol. The molecule has 9 nitrogen and oxygen atoms in total. The minimum Gasteiger partial charge on any atom is -0.478 e. The first-order valence-electron chi connectivity index (χ1n) is 12.0. The van der Waals surface area contributed by atoms with Gasteiger partial charge in [-0.15, -0.1) is 0 Å². The summed E-state index contributed by atoms with van der Waals surface area (Å²) in [4.78, 5) is 30.2. The van der Waals surface area contributed by atoms with Gasteiger partial charge in [-0.25, -0.2) is 4.79 Å². The number of nitrogens with zero attached hydrogens (tertiary/aromatic N) is 3. The van der Waals surface area contributed by atoms with E-state index in [1.54, 1.807) is 36.5 Å². The van der Waals surface area contributed by atoms with Gasteiger partial charge in [0.15, 0.2) is 5.11 Å². The third kappa shape index (κ3) is 5.35. The van der Waals surface area contributed by atoms with Crippen molar-refractivity contribution in [3.8, 4) is 5.69 Å². The number of rotatable bonds is 8. The molecule has 3 N–H and O–H groups in total. The highest BCUT2D eigenvalue weighted by atomic mass is 35.5. The first-order valence-corrected chi connectivity index (χ1v) is 12.8. The maximum atomic E-state index is 12.0. The van der Waals surface area contributed by atoms with Crippen LogP contribution < -0.4 is 15.5 Å². The molecular formula is C28H24ClN5O4S. The third-order valence-electron chi connectivity index (χ3n) is 6.33. The molecule has 0 spiro atoms. The lowest BCUT2D eigenvalue weighted by Crippen LogP contribution is -2.30. The number of thiocarbonyl (C=S) groups is 1. The molecular weight excluding hydrogens is 538 g/mol. The molecule has 0 radical (unpaired) electrons. The zero-order valence-corrected chi connectivity index (χ0v) is 22.3. The lowest BCUT2D eigenvalue weighted by molar-refractivity contribution is -0.119. The molecule has 1 aliphatic rings. The molecule has 1 amide bonds. The molecule has 0 saturated carbocycles. The van der Waals surface area contributed by atoms with Crippen molar-refractivity contribution in [3.63, 3.8) is 0 Å². The molecule has 1 aliphatic heterocycles. The van der Waals surface area contributed by atoms with Crippen LogP contribution in [-0.2, 0) is 9.53 Å². The number of aromatic carboxylic acids is 1. The van der Waals surface area contributed by atoms with Crippen LogP contribution >= 0.6 is 23.8 Å². The molecule has 1 fully saturated rings. The van der Waals surface area contributed by atoms with Crippen LogP contribution in [0.3, 0.4) is 0 Å². The molecule has 0 unspecified atom stereocenters. The smallest absolute Gasteiger partial charge is 0.335 e. The molecule has 198 valence electrons. The van der Waals surface area contributed by atoms with Crippen molar-refractivity contribution in [1.82, 2.24) is 14.9 Å². The summed E-state index contributed by atoms with van der Waals surface area (Å²) in [7, 11) is 1.44. The van der Waals surface area contributed by atoms with Crippen LogP contribution in [0.15, 0.2) is 85.2 Å². The van der Waals surface area contributed by atoms with Crippen LogP contribution in [0.1, 0.15) is 33.8 Å². The van der Waals surface area contributed by atoms with Gasteiger partial charge in [0, 0.05) is 36.6 Å². The summed E-state index contributed by atoms with van der Waals surface area (Å²) < 4.78 is 6.82. The Hall–Kier alpha value is -4.25. The quantitative estimate of drug-likeness (QED) is 0.258. The van der Waals surface area contributed by atoms with Crippen molar-refractivity contribution in [2.45, 2.75) is 12.1 Å². The van der Waals surface area contributed by atoms with E-state index in [4.69, 9.17) is 28.6 Å². The van der Waals surface area contributed by atoms with Crippen LogP contribution in [0.4, 0.5) is 11.4 Å². The van der Waals surface area contributed by atoms with Gasteiger partial charge < -0.3 is 29.9 Å². The van der Waals surface area contributed by atoms with Crippen LogP contribution in [0.5, 0.6) is 0 Å². The molecule has 4 aromatic rings. The van der Waals surface area contributed by atoms with Gasteiger partial charge in [-0.1, -0.05) is 23.7 Å². The number of carboxylic acid groups (broad SMARTS) is 1. The van der Waals surface area contributed by atoms with E-state index in [-0.39, 0.29) is 30.2 Å². The zero-order chi connectivity index (χ0) is 27.5. The Morgan fingerprint density at radius 2 is 1.95 bits per heavy atom. The fraction of sp³-hybridized carbons (Fsp3) is 0.143. The van der Waals surface area contributed by atoms with Gasteiger partial charge in [0.05, 0.1) is 28.0 Å². The van der Waals surface area contributed by atoms with E-state index in [9.17, 15) is 14.7 Å². The summed E-state index contributed by atoms with van der Waals surface area (Å²) in [6, 6.07) is 20.9. The highest BCUT2D eigenvalue weighted by Gasteiger charge is 2.42. The van der Waals surface area contributed by atoms with Crippen molar-refractivity contribution in [1.29, 1.82) is 0 Å². The Bertz CT molecular complexity index is 1540. The zero-order valence-electron chi connectivity index (χ0n) is 20.7. The van der Waals surface area contributed by atoms with Crippen LogP contribution in [0.2, 0.25) is 5.02 Å². The maximum Gasteiger partial charge on any atom is 0.335 e. The number of hydrogen-bond donors (Lipinski definition) is 3. The van der Waals surface area contributed by atoms with Crippen LogP contribution in [0.25, 0.3) is 5.69 Å². The van der Waals surface area contributed by atoms with Crippen molar-refractivity contribution >= 4 is 52.2 Å². The molecule has 1 saturated heterocycles. The van der Waals surface area contributed by atoms with Crippen LogP contribution in [0, 0.1) is 0 Å². The largest absolute Gasteiger partial charge is 0.478 e. The van der Waals surface area contributed by atoms with E-state index in [1.807, 2.05) is 58.1 Å². The van der Waals surface area contributed by atoms with Gasteiger partial charge >= 0.3 is 5.97 Å². The number of carboxylic acids is 1. The highest BCUT2D eigenvalue weighted by molar-refractivity contribution is 7.80. The highest BCUT2D eigenvalue weighted by Crippen LogP contribution is 2.43. The number of benzene rings is 2. The second-order valence-corrected chi connectivity index (χ2v) is 9.59. The van der Waals surface area contributed by atoms with Gasteiger partial charge in [0.2, 0.25) is 5.91 Å².